The van der Waals surface area contributed by atoms with Gasteiger partial charge in [0.1, 0.15) is 0 Å². The zero-order valence-corrected chi connectivity index (χ0v) is 12.8. The quantitative estimate of drug-likeness (QED) is 0.887. The Hall–Kier alpha value is -1.39. The smallest absolute Gasteiger partial charge is 0.224 e. The number of carbonyl (C=O) groups excluding carboxylic acids is 1. The Bertz CT molecular complexity index is 530. The molecule has 2 heterocycles. The second-order valence-electron chi connectivity index (χ2n) is 6.22. The molecule has 3 rings (SSSR count). The predicted molar refractivity (Wildman–Crippen MR) is 82.1 cm³/mol. The molecule has 3 unspecified atom stereocenters. The normalized spacial score (nSPS) is 28.2. The van der Waals surface area contributed by atoms with Crippen molar-refractivity contribution in [2.75, 3.05) is 6.54 Å². The van der Waals surface area contributed by atoms with Gasteiger partial charge in [0.05, 0.1) is 24.7 Å². The van der Waals surface area contributed by atoms with Crippen LogP contribution in [0, 0.1) is 0 Å². The molecule has 2 aliphatic rings. The molecule has 1 saturated heterocycles. The number of benzene rings is 1. The first kappa shape index (κ1) is 14.5. The number of nitrogens with one attached hydrogen (secondary N) is 2. The van der Waals surface area contributed by atoms with Crippen molar-refractivity contribution in [3.8, 4) is 0 Å². The van der Waals surface area contributed by atoms with Gasteiger partial charge >= 0.3 is 0 Å². The van der Waals surface area contributed by atoms with Crippen molar-refractivity contribution in [2.45, 2.75) is 57.9 Å². The van der Waals surface area contributed by atoms with Crippen LogP contribution in [0.15, 0.2) is 18.2 Å². The molecule has 21 heavy (non-hydrogen) atoms. The van der Waals surface area contributed by atoms with Crippen LogP contribution in [0.1, 0.15) is 37.0 Å². The van der Waals surface area contributed by atoms with Crippen molar-refractivity contribution in [3.63, 3.8) is 0 Å². The minimum atomic E-state index is 0.108. The fourth-order valence-electron chi connectivity index (χ4n) is 3.45. The summed E-state index contributed by atoms with van der Waals surface area (Å²) < 4.78 is 5.69. The minimum absolute atomic E-state index is 0.108. The van der Waals surface area contributed by atoms with Gasteiger partial charge in [-0.2, -0.15) is 0 Å². The molecule has 0 aliphatic carbocycles. The number of rotatable bonds is 3. The van der Waals surface area contributed by atoms with Crippen molar-refractivity contribution in [1.82, 2.24) is 10.6 Å². The summed E-state index contributed by atoms with van der Waals surface area (Å²) in [6.45, 7) is 6.00. The van der Waals surface area contributed by atoms with Crippen LogP contribution in [0.4, 0.5) is 0 Å². The third kappa shape index (κ3) is 3.27. The van der Waals surface area contributed by atoms with E-state index in [4.69, 9.17) is 4.74 Å². The van der Waals surface area contributed by atoms with E-state index in [9.17, 15) is 4.79 Å². The number of fused-ring (bicyclic) bond motifs is 1. The molecule has 0 saturated carbocycles. The molecule has 1 aromatic carbocycles. The van der Waals surface area contributed by atoms with Gasteiger partial charge in [0.25, 0.3) is 0 Å². The Morgan fingerprint density at radius 3 is 3.05 bits per heavy atom. The average molecular weight is 288 g/mol. The third-order valence-corrected chi connectivity index (χ3v) is 4.53. The molecule has 4 nitrogen and oxygen atoms in total. The number of hydrogen-bond donors (Lipinski definition) is 2. The molecule has 4 heteroatoms. The van der Waals surface area contributed by atoms with Gasteiger partial charge in [0, 0.05) is 6.54 Å². The van der Waals surface area contributed by atoms with Crippen molar-refractivity contribution in [3.05, 3.63) is 34.9 Å². The number of ether oxygens (including phenoxy) is 1. The molecule has 2 N–H and O–H groups in total. The van der Waals surface area contributed by atoms with Gasteiger partial charge in [-0.15, -0.1) is 0 Å². The Morgan fingerprint density at radius 2 is 2.29 bits per heavy atom. The Kier molecular flexibility index (Phi) is 4.27. The van der Waals surface area contributed by atoms with Crippen LogP contribution in [0.3, 0.4) is 0 Å². The van der Waals surface area contributed by atoms with E-state index in [2.05, 4.69) is 35.8 Å². The van der Waals surface area contributed by atoms with Crippen LogP contribution in [-0.4, -0.2) is 30.7 Å². The van der Waals surface area contributed by atoms with E-state index in [1.807, 2.05) is 6.92 Å². The molecule has 0 bridgehead atoms. The van der Waals surface area contributed by atoms with Crippen molar-refractivity contribution < 1.29 is 9.53 Å². The van der Waals surface area contributed by atoms with Gasteiger partial charge in [-0.3, -0.25) is 4.79 Å². The summed E-state index contributed by atoms with van der Waals surface area (Å²) in [5.74, 6) is 0.108. The van der Waals surface area contributed by atoms with E-state index in [1.54, 1.807) is 0 Å². The summed E-state index contributed by atoms with van der Waals surface area (Å²) in [5.41, 5.74) is 3.86. The molecule has 1 fully saturated rings. The van der Waals surface area contributed by atoms with E-state index >= 15 is 0 Å². The molecule has 1 amide bonds. The first-order chi connectivity index (χ1) is 10.1. The van der Waals surface area contributed by atoms with E-state index in [1.165, 1.54) is 16.7 Å². The molecule has 2 aliphatic heterocycles. The predicted octanol–water partition coefficient (Wildman–Crippen LogP) is 1.56. The SMILES string of the molecule is CC1CC(NC(=O)Cc2cccc3c2CCNC3)C(C)O1. The fraction of sp³-hybridized carbons (Fsp3) is 0.588. The average Bonchev–Trinajstić information content (AvgIpc) is 2.77. The maximum atomic E-state index is 12.3. The fourth-order valence-corrected chi connectivity index (χ4v) is 3.45. The van der Waals surface area contributed by atoms with Crippen molar-refractivity contribution in [2.24, 2.45) is 0 Å². The topological polar surface area (TPSA) is 50.4 Å². The monoisotopic (exact) mass is 288 g/mol. The lowest BCUT2D eigenvalue weighted by Crippen LogP contribution is -2.40. The maximum absolute atomic E-state index is 12.3. The standard InChI is InChI=1S/C17H24N2O2/c1-11-8-16(12(2)21-11)19-17(20)9-13-4-3-5-14-10-18-7-6-15(13)14/h3-5,11-12,16,18H,6-10H2,1-2H3,(H,19,20). The summed E-state index contributed by atoms with van der Waals surface area (Å²) >= 11 is 0. The number of carbonyl (C=O) groups is 1. The summed E-state index contributed by atoms with van der Waals surface area (Å²) in [5, 5.41) is 6.51. The molecule has 0 aromatic heterocycles. The van der Waals surface area contributed by atoms with E-state index in [-0.39, 0.29) is 24.2 Å². The molecule has 3 atom stereocenters. The first-order valence-corrected chi connectivity index (χ1v) is 7.88. The Balaban J connectivity index is 1.65. The Labute approximate surface area is 126 Å². The second-order valence-corrected chi connectivity index (χ2v) is 6.22. The molecular formula is C17H24N2O2. The summed E-state index contributed by atoms with van der Waals surface area (Å²) in [6, 6.07) is 6.43. The number of amides is 1. The Morgan fingerprint density at radius 1 is 1.43 bits per heavy atom. The number of hydrogen-bond acceptors (Lipinski definition) is 3. The van der Waals surface area contributed by atoms with Crippen LogP contribution in [-0.2, 0) is 28.9 Å². The lowest BCUT2D eigenvalue weighted by Gasteiger charge is -2.21. The van der Waals surface area contributed by atoms with Crippen LogP contribution >= 0.6 is 0 Å². The van der Waals surface area contributed by atoms with Gasteiger partial charge in [0.2, 0.25) is 5.91 Å². The lowest BCUT2D eigenvalue weighted by molar-refractivity contribution is -0.121. The zero-order chi connectivity index (χ0) is 14.8. The van der Waals surface area contributed by atoms with E-state index in [0.29, 0.717) is 6.42 Å². The van der Waals surface area contributed by atoms with Gasteiger partial charge in [-0.05, 0) is 49.9 Å². The summed E-state index contributed by atoms with van der Waals surface area (Å²) in [6.07, 6.45) is 2.74. The summed E-state index contributed by atoms with van der Waals surface area (Å²) in [4.78, 5) is 12.3. The minimum Gasteiger partial charge on any atom is -0.373 e. The highest BCUT2D eigenvalue weighted by molar-refractivity contribution is 5.79. The maximum Gasteiger partial charge on any atom is 0.224 e. The van der Waals surface area contributed by atoms with Crippen LogP contribution in [0.5, 0.6) is 0 Å². The van der Waals surface area contributed by atoms with Gasteiger partial charge < -0.3 is 15.4 Å². The van der Waals surface area contributed by atoms with Gasteiger partial charge in [0.15, 0.2) is 0 Å². The summed E-state index contributed by atoms with van der Waals surface area (Å²) in [7, 11) is 0. The zero-order valence-electron chi connectivity index (χ0n) is 12.8. The van der Waals surface area contributed by atoms with E-state index < -0.39 is 0 Å². The highest BCUT2D eigenvalue weighted by Crippen LogP contribution is 2.21. The largest absolute Gasteiger partial charge is 0.373 e. The van der Waals surface area contributed by atoms with Crippen LogP contribution in [0.25, 0.3) is 0 Å². The third-order valence-electron chi connectivity index (χ3n) is 4.53. The lowest BCUT2D eigenvalue weighted by atomic mass is 9.93. The first-order valence-electron chi connectivity index (χ1n) is 7.88. The van der Waals surface area contributed by atoms with Gasteiger partial charge in [-0.25, -0.2) is 0 Å². The molecular weight excluding hydrogens is 264 g/mol. The van der Waals surface area contributed by atoms with Crippen LogP contribution in [0.2, 0.25) is 0 Å². The molecule has 0 spiro atoms. The second kappa shape index (κ2) is 6.16. The highest BCUT2D eigenvalue weighted by Gasteiger charge is 2.30. The van der Waals surface area contributed by atoms with Gasteiger partial charge in [-0.1, -0.05) is 18.2 Å². The highest BCUT2D eigenvalue weighted by atomic mass is 16.5. The van der Waals surface area contributed by atoms with Crippen LogP contribution < -0.4 is 10.6 Å². The molecule has 114 valence electrons. The van der Waals surface area contributed by atoms with Crippen molar-refractivity contribution >= 4 is 5.91 Å². The van der Waals surface area contributed by atoms with E-state index in [0.717, 1.165) is 25.9 Å². The van der Waals surface area contributed by atoms with Crippen molar-refractivity contribution in [1.29, 1.82) is 0 Å². The molecule has 0 radical (unpaired) electrons. The molecule has 1 aromatic rings.